The van der Waals surface area contributed by atoms with Crippen molar-refractivity contribution in [3.05, 3.63) is 63.0 Å². The van der Waals surface area contributed by atoms with E-state index in [1.54, 1.807) is 35.7 Å². The van der Waals surface area contributed by atoms with Gasteiger partial charge >= 0.3 is 0 Å². The van der Waals surface area contributed by atoms with Crippen LogP contribution in [0.3, 0.4) is 0 Å². The minimum Gasteiger partial charge on any atom is -0.378 e. The molecule has 2 aromatic heterocycles. The van der Waals surface area contributed by atoms with Crippen LogP contribution < -0.4 is 10.6 Å². The summed E-state index contributed by atoms with van der Waals surface area (Å²) in [5, 5.41) is 19.5. The molecule has 0 atom stereocenters. The highest BCUT2D eigenvalue weighted by molar-refractivity contribution is 7.21. The van der Waals surface area contributed by atoms with Crippen molar-refractivity contribution in [2.75, 3.05) is 18.4 Å². The molecule has 0 fully saturated rings. The largest absolute Gasteiger partial charge is 0.378 e. The van der Waals surface area contributed by atoms with Crippen LogP contribution in [-0.4, -0.2) is 28.9 Å². The van der Waals surface area contributed by atoms with Crippen molar-refractivity contribution in [3.8, 4) is 9.88 Å². The Labute approximate surface area is 151 Å². The molecule has 25 heavy (non-hydrogen) atoms. The normalized spacial score (nSPS) is 10.4. The quantitative estimate of drug-likeness (QED) is 0.374. The van der Waals surface area contributed by atoms with Crippen LogP contribution in [0, 0.1) is 10.1 Å². The fourth-order valence-electron chi connectivity index (χ4n) is 2.14. The standard InChI is InChI=1S/C16H14N4O3S2/c21-15(14-10-19-16(25-14)13-6-3-9-24-13)18-8-7-17-11-4-1-2-5-12(11)20(22)23/h1-6,9-10,17H,7-8H2,(H,18,21). The lowest BCUT2D eigenvalue weighted by molar-refractivity contribution is -0.384. The van der Waals surface area contributed by atoms with Crippen molar-refractivity contribution in [1.29, 1.82) is 0 Å². The van der Waals surface area contributed by atoms with Crippen LogP contribution in [0.4, 0.5) is 11.4 Å². The van der Waals surface area contributed by atoms with E-state index in [0.717, 1.165) is 9.88 Å². The highest BCUT2D eigenvalue weighted by atomic mass is 32.1. The topological polar surface area (TPSA) is 97.2 Å². The van der Waals surface area contributed by atoms with Gasteiger partial charge in [-0.05, 0) is 17.5 Å². The summed E-state index contributed by atoms with van der Waals surface area (Å²) in [6, 6.07) is 10.3. The molecule has 1 amide bonds. The van der Waals surface area contributed by atoms with E-state index < -0.39 is 4.92 Å². The van der Waals surface area contributed by atoms with Gasteiger partial charge in [0.05, 0.1) is 16.0 Å². The number of nitrogens with one attached hydrogen (secondary N) is 2. The number of thiophene rings is 1. The summed E-state index contributed by atoms with van der Waals surface area (Å²) in [6.07, 6.45) is 1.56. The number of rotatable bonds is 7. The van der Waals surface area contributed by atoms with Gasteiger partial charge in [-0.3, -0.25) is 14.9 Å². The second-order valence-corrected chi connectivity index (χ2v) is 6.94. The summed E-state index contributed by atoms with van der Waals surface area (Å²) >= 11 is 2.91. The first-order valence-electron chi connectivity index (χ1n) is 7.40. The highest BCUT2D eigenvalue weighted by Crippen LogP contribution is 2.28. The lowest BCUT2D eigenvalue weighted by Gasteiger charge is -2.07. The fraction of sp³-hybridized carbons (Fsp3) is 0.125. The smallest absolute Gasteiger partial charge is 0.292 e. The van der Waals surface area contributed by atoms with Gasteiger partial charge in [0.1, 0.15) is 15.6 Å². The van der Waals surface area contributed by atoms with Crippen LogP contribution in [0.5, 0.6) is 0 Å². The van der Waals surface area contributed by atoms with Crippen LogP contribution in [0.2, 0.25) is 0 Å². The molecule has 0 aliphatic rings. The molecule has 0 bridgehead atoms. The number of amides is 1. The number of nitro groups is 1. The molecule has 7 nitrogen and oxygen atoms in total. The summed E-state index contributed by atoms with van der Waals surface area (Å²) in [5.74, 6) is -0.204. The second-order valence-electron chi connectivity index (χ2n) is 4.96. The Balaban J connectivity index is 1.51. The molecule has 3 rings (SSSR count). The monoisotopic (exact) mass is 374 g/mol. The molecule has 0 saturated carbocycles. The van der Waals surface area contributed by atoms with Crippen LogP contribution >= 0.6 is 22.7 Å². The third-order valence-electron chi connectivity index (χ3n) is 3.29. The average Bonchev–Trinajstić information content (AvgIpc) is 3.29. The molecule has 3 aromatic rings. The maximum atomic E-state index is 12.1. The summed E-state index contributed by atoms with van der Waals surface area (Å²) in [4.78, 5) is 28.5. The average molecular weight is 374 g/mol. The first kappa shape index (κ1) is 17.1. The molecule has 0 aliphatic carbocycles. The number of nitrogens with zero attached hydrogens (tertiary/aromatic N) is 2. The van der Waals surface area contributed by atoms with Crippen LogP contribution in [0.25, 0.3) is 9.88 Å². The van der Waals surface area contributed by atoms with E-state index in [0.29, 0.717) is 23.7 Å². The molecule has 0 radical (unpaired) electrons. The Morgan fingerprint density at radius 1 is 1.20 bits per heavy atom. The van der Waals surface area contributed by atoms with E-state index in [-0.39, 0.29) is 11.6 Å². The number of aromatic nitrogens is 1. The number of carbonyl (C=O) groups is 1. The van der Waals surface area contributed by atoms with Gasteiger partial charge in [0.15, 0.2) is 0 Å². The number of thiazole rings is 1. The van der Waals surface area contributed by atoms with E-state index >= 15 is 0 Å². The van der Waals surface area contributed by atoms with E-state index in [1.807, 2.05) is 17.5 Å². The fourth-order valence-corrected chi connectivity index (χ4v) is 3.77. The Kier molecular flexibility index (Phi) is 5.36. The molecule has 9 heteroatoms. The summed E-state index contributed by atoms with van der Waals surface area (Å²) in [7, 11) is 0. The molecule has 0 aliphatic heterocycles. The van der Waals surface area contributed by atoms with E-state index in [4.69, 9.17) is 0 Å². The predicted octanol–water partition coefficient (Wildman–Crippen LogP) is 3.62. The van der Waals surface area contributed by atoms with Gasteiger partial charge in [-0.1, -0.05) is 18.2 Å². The molecule has 128 valence electrons. The van der Waals surface area contributed by atoms with Crippen LogP contribution in [0.1, 0.15) is 9.67 Å². The molecular formula is C16H14N4O3S2. The van der Waals surface area contributed by atoms with Gasteiger partial charge in [0.2, 0.25) is 0 Å². The predicted molar refractivity (Wildman–Crippen MR) is 99.3 cm³/mol. The molecule has 2 heterocycles. The Morgan fingerprint density at radius 3 is 2.80 bits per heavy atom. The molecule has 1 aromatic carbocycles. The lowest BCUT2D eigenvalue weighted by atomic mass is 10.2. The number of hydrogen-bond donors (Lipinski definition) is 2. The third-order valence-corrected chi connectivity index (χ3v) is 5.32. The zero-order valence-electron chi connectivity index (χ0n) is 13.0. The first-order valence-corrected chi connectivity index (χ1v) is 9.10. The van der Waals surface area contributed by atoms with Crippen LogP contribution in [0.15, 0.2) is 48.0 Å². The number of nitro benzene ring substituents is 1. The molecule has 0 spiro atoms. The van der Waals surface area contributed by atoms with Gasteiger partial charge < -0.3 is 10.6 Å². The minimum atomic E-state index is -0.440. The summed E-state index contributed by atoms with van der Waals surface area (Å²) < 4.78 is 0. The van der Waals surface area contributed by atoms with Gasteiger partial charge in [-0.25, -0.2) is 4.98 Å². The molecule has 2 N–H and O–H groups in total. The zero-order chi connectivity index (χ0) is 17.6. The highest BCUT2D eigenvalue weighted by Gasteiger charge is 2.13. The van der Waals surface area contributed by atoms with Crippen molar-refractivity contribution >= 4 is 40.0 Å². The number of para-hydroxylation sites is 2. The zero-order valence-corrected chi connectivity index (χ0v) is 14.6. The van der Waals surface area contributed by atoms with Gasteiger partial charge in [-0.15, -0.1) is 22.7 Å². The first-order chi connectivity index (χ1) is 12.1. The number of hydrogen-bond acceptors (Lipinski definition) is 7. The lowest BCUT2D eigenvalue weighted by Crippen LogP contribution is -2.28. The van der Waals surface area contributed by atoms with Crippen LogP contribution in [-0.2, 0) is 0 Å². The van der Waals surface area contributed by atoms with Crippen molar-refractivity contribution in [2.24, 2.45) is 0 Å². The summed E-state index contributed by atoms with van der Waals surface area (Å²) in [6.45, 7) is 0.726. The van der Waals surface area contributed by atoms with E-state index in [9.17, 15) is 14.9 Å². The van der Waals surface area contributed by atoms with E-state index in [2.05, 4.69) is 15.6 Å². The van der Waals surface area contributed by atoms with Gasteiger partial charge in [-0.2, -0.15) is 0 Å². The van der Waals surface area contributed by atoms with Crippen molar-refractivity contribution in [1.82, 2.24) is 10.3 Å². The molecular weight excluding hydrogens is 360 g/mol. The SMILES string of the molecule is O=C(NCCNc1ccccc1[N+](=O)[O-])c1cnc(-c2cccs2)s1. The Morgan fingerprint density at radius 2 is 2.04 bits per heavy atom. The van der Waals surface area contributed by atoms with Crippen molar-refractivity contribution in [3.63, 3.8) is 0 Å². The van der Waals surface area contributed by atoms with Crippen molar-refractivity contribution < 1.29 is 9.72 Å². The third kappa shape index (κ3) is 4.20. The number of carbonyl (C=O) groups excluding carboxylic acids is 1. The molecule has 0 saturated heterocycles. The van der Waals surface area contributed by atoms with Crippen molar-refractivity contribution in [2.45, 2.75) is 0 Å². The van der Waals surface area contributed by atoms with E-state index in [1.165, 1.54) is 17.4 Å². The maximum absolute atomic E-state index is 12.1. The maximum Gasteiger partial charge on any atom is 0.292 e. The number of anilines is 1. The van der Waals surface area contributed by atoms with Gasteiger partial charge in [0, 0.05) is 19.2 Å². The Hall–Kier alpha value is -2.78. The number of benzene rings is 1. The second kappa shape index (κ2) is 7.86. The van der Waals surface area contributed by atoms with Gasteiger partial charge in [0.25, 0.3) is 11.6 Å². The minimum absolute atomic E-state index is 0.0110. The Bertz CT molecular complexity index is 877. The molecule has 0 unspecified atom stereocenters. The summed E-state index contributed by atoms with van der Waals surface area (Å²) in [5.41, 5.74) is 0.441.